The summed E-state index contributed by atoms with van der Waals surface area (Å²) >= 11 is 0. The molecule has 0 fully saturated rings. The van der Waals surface area contributed by atoms with Crippen LogP contribution in [0, 0.1) is 0 Å². The average molecular weight is 198 g/mol. The molecule has 0 radical (unpaired) electrons. The number of hydrogen-bond acceptors (Lipinski definition) is 5. The Kier molecular flexibility index (Phi) is 3.88. The highest BCUT2D eigenvalue weighted by Crippen LogP contribution is 2.15. The van der Waals surface area contributed by atoms with Gasteiger partial charge in [0.15, 0.2) is 0 Å². The van der Waals surface area contributed by atoms with E-state index in [1.165, 1.54) is 0 Å². The summed E-state index contributed by atoms with van der Waals surface area (Å²) in [5, 5.41) is 11.0. The molecule has 0 aliphatic rings. The lowest BCUT2D eigenvalue weighted by atomic mass is 10.3. The van der Waals surface area contributed by atoms with E-state index in [2.05, 4.69) is 22.4 Å². The van der Waals surface area contributed by atoms with Crippen molar-refractivity contribution >= 4 is 6.01 Å². The van der Waals surface area contributed by atoms with Gasteiger partial charge in [-0.2, -0.15) is 0 Å². The molecule has 0 saturated heterocycles. The summed E-state index contributed by atoms with van der Waals surface area (Å²) in [4.78, 5) is 1.96. The van der Waals surface area contributed by atoms with E-state index < -0.39 is 0 Å². The maximum absolute atomic E-state index is 5.49. The number of hydrogen-bond donors (Lipinski definition) is 1. The van der Waals surface area contributed by atoms with Crippen molar-refractivity contribution in [3.63, 3.8) is 0 Å². The third-order valence-electron chi connectivity index (χ3n) is 2.12. The molecule has 0 aliphatic carbocycles. The summed E-state index contributed by atoms with van der Waals surface area (Å²) in [5.74, 6) is 0.630. The quantitative estimate of drug-likeness (QED) is 0.770. The molecule has 14 heavy (non-hydrogen) atoms. The van der Waals surface area contributed by atoms with Gasteiger partial charge in [0.1, 0.15) is 0 Å². The van der Waals surface area contributed by atoms with Gasteiger partial charge in [0.05, 0.1) is 6.04 Å². The van der Waals surface area contributed by atoms with Gasteiger partial charge in [-0.05, 0) is 20.4 Å². The van der Waals surface area contributed by atoms with E-state index in [4.69, 9.17) is 4.42 Å². The zero-order valence-electron chi connectivity index (χ0n) is 9.24. The lowest BCUT2D eigenvalue weighted by molar-refractivity contribution is 0.432. The van der Waals surface area contributed by atoms with Crippen LogP contribution in [-0.2, 0) is 0 Å². The van der Waals surface area contributed by atoms with Crippen molar-refractivity contribution in [3.05, 3.63) is 5.89 Å². The van der Waals surface area contributed by atoms with Crippen molar-refractivity contribution in [1.82, 2.24) is 15.5 Å². The summed E-state index contributed by atoms with van der Waals surface area (Å²) in [6.07, 6.45) is 1.07. The topological polar surface area (TPSA) is 54.2 Å². The summed E-state index contributed by atoms with van der Waals surface area (Å²) in [5.41, 5.74) is 0. The van der Waals surface area contributed by atoms with Crippen LogP contribution >= 0.6 is 0 Å². The Bertz CT molecular complexity index is 274. The molecule has 1 aromatic heterocycles. The Morgan fingerprint density at radius 3 is 2.79 bits per heavy atom. The molecule has 1 atom stereocenters. The van der Waals surface area contributed by atoms with E-state index in [0.29, 0.717) is 11.9 Å². The third-order valence-corrected chi connectivity index (χ3v) is 2.12. The first-order valence-electron chi connectivity index (χ1n) is 4.90. The lowest BCUT2D eigenvalue weighted by Crippen LogP contribution is -2.18. The maximum atomic E-state index is 5.49. The van der Waals surface area contributed by atoms with Crippen LogP contribution in [0.25, 0.3) is 0 Å². The number of nitrogens with zero attached hydrogens (tertiary/aromatic N) is 3. The molecule has 1 heterocycles. The molecular formula is C9H18N4O. The van der Waals surface area contributed by atoms with Crippen LogP contribution in [0.4, 0.5) is 6.01 Å². The number of rotatable bonds is 5. The van der Waals surface area contributed by atoms with Gasteiger partial charge in [-0.25, -0.2) is 0 Å². The Morgan fingerprint density at radius 2 is 2.21 bits per heavy atom. The van der Waals surface area contributed by atoms with Crippen LogP contribution in [0.3, 0.4) is 0 Å². The van der Waals surface area contributed by atoms with Gasteiger partial charge >= 0.3 is 6.01 Å². The molecule has 0 aliphatic heterocycles. The van der Waals surface area contributed by atoms with Crippen LogP contribution in [0.1, 0.15) is 32.2 Å². The predicted molar refractivity (Wildman–Crippen MR) is 55.3 cm³/mol. The first kappa shape index (κ1) is 11.0. The Hall–Kier alpha value is -1.10. The van der Waals surface area contributed by atoms with E-state index in [0.717, 1.165) is 13.0 Å². The zero-order chi connectivity index (χ0) is 10.6. The van der Waals surface area contributed by atoms with Crippen LogP contribution in [-0.4, -0.2) is 30.8 Å². The monoisotopic (exact) mass is 198 g/mol. The zero-order valence-corrected chi connectivity index (χ0v) is 9.24. The van der Waals surface area contributed by atoms with Gasteiger partial charge in [-0.1, -0.05) is 12.0 Å². The van der Waals surface area contributed by atoms with Crippen molar-refractivity contribution in [2.24, 2.45) is 0 Å². The lowest BCUT2D eigenvalue weighted by Gasteiger charge is -2.11. The predicted octanol–water partition coefficient (Wildman–Crippen LogP) is 1.20. The van der Waals surface area contributed by atoms with Gasteiger partial charge in [0.25, 0.3) is 0 Å². The highest BCUT2D eigenvalue weighted by molar-refractivity contribution is 5.21. The van der Waals surface area contributed by atoms with E-state index in [1.54, 1.807) is 0 Å². The fourth-order valence-electron chi connectivity index (χ4n) is 1.11. The van der Waals surface area contributed by atoms with Crippen molar-refractivity contribution < 1.29 is 4.42 Å². The Labute approximate surface area is 84.5 Å². The molecule has 0 amide bonds. The van der Waals surface area contributed by atoms with Gasteiger partial charge < -0.3 is 14.6 Å². The van der Waals surface area contributed by atoms with E-state index in [1.807, 2.05) is 25.9 Å². The number of anilines is 1. The molecule has 1 rings (SSSR count). The summed E-state index contributed by atoms with van der Waals surface area (Å²) < 4.78 is 5.49. The van der Waals surface area contributed by atoms with E-state index >= 15 is 0 Å². The first-order chi connectivity index (χ1) is 6.69. The standard InChI is InChI=1S/C9H18N4O/c1-5-6-13(4)9-12-11-8(14-9)7(2)10-3/h7,10H,5-6H2,1-4H3. The molecule has 0 bridgehead atoms. The van der Waals surface area contributed by atoms with Crippen LogP contribution in [0.15, 0.2) is 4.42 Å². The molecular weight excluding hydrogens is 180 g/mol. The molecule has 80 valence electrons. The highest BCUT2D eigenvalue weighted by atomic mass is 16.4. The van der Waals surface area contributed by atoms with Gasteiger partial charge in [0, 0.05) is 13.6 Å². The van der Waals surface area contributed by atoms with E-state index in [9.17, 15) is 0 Å². The Morgan fingerprint density at radius 1 is 1.50 bits per heavy atom. The first-order valence-corrected chi connectivity index (χ1v) is 4.90. The minimum atomic E-state index is 0.103. The van der Waals surface area contributed by atoms with Gasteiger partial charge in [-0.3, -0.25) is 0 Å². The second-order valence-corrected chi connectivity index (χ2v) is 3.35. The molecule has 1 aromatic rings. The number of aromatic nitrogens is 2. The fraction of sp³-hybridized carbons (Fsp3) is 0.778. The summed E-state index contributed by atoms with van der Waals surface area (Å²) in [7, 11) is 3.81. The highest BCUT2D eigenvalue weighted by Gasteiger charge is 2.13. The minimum Gasteiger partial charge on any atom is -0.406 e. The molecule has 0 aromatic carbocycles. The SMILES string of the molecule is CCCN(C)c1nnc(C(C)NC)o1. The third kappa shape index (κ3) is 2.45. The normalized spacial score (nSPS) is 12.9. The second kappa shape index (κ2) is 4.95. The summed E-state index contributed by atoms with van der Waals surface area (Å²) in [6.45, 7) is 5.02. The van der Waals surface area contributed by atoms with Crippen molar-refractivity contribution in [1.29, 1.82) is 0 Å². The Balaban J connectivity index is 2.67. The van der Waals surface area contributed by atoms with E-state index in [-0.39, 0.29) is 6.04 Å². The largest absolute Gasteiger partial charge is 0.406 e. The van der Waals surface area contributed by atoms with Crippen molar-refractivity contribution in [3.8, 4) is 0 Å². The molecule has 5 nitrogen and oxygen atoms in total. The molecule has 1 N–H and O–H groups in total. The van der Waals surface area contributed by atoms with Crippen LogP contribution in [0.2, 0.25) is 0 Å². The molecule has 1 unspecified atom stereocenters. The van der Waals surface area contributed by atoms with Gasteiger partial charge in [-0.15, -0.1) is 5.10 Å². The van der Waals surface area contributed by atoms with Crippen molar-refractivity contribution in [2.75, 3.05) is 25.5 Å². The smallest absolute Gasteiger partial charge is 0.317 e. The maximum Gasteiger partial charge on any atom is 0.317 e. The van der Waals surface area contributed by atoms with Gasteiger partial charge in [0.2, 0.25) is 5.89 Å². The summed E-state index contributed by atoms with van der Waals surface area (Å²) in [6, 6.07) is 0.690. The molecule has 0 saturated carbocycles. The van der Waals surface area contributed by atoms with Crippen LogP contribution in [0.5, 0.6) is 0 Å². The minimum absolute atomic E-state index is 0.103. The van der Waals surface area contributed by atoms with Crippen LogP contribution < -0.4 is 10.2 Å². The molecule has 5 heteroatoms. The molecule has 0 spiro atoms. The average Bonchev–Trinajstić information content (AvgIpc) is 2.66. The number of nitrogens with one attached hydrogen (secondary N) is 1. The van der Waals surface area contributed by atoms with Crippen molar-refractivity contribution in [2.45, 2.75) is 26.3 Å². The fourth-order valence-corrected chi connectivity index (χ4v) is 1.11. The second-order valence-electron chi connectivity index (χ2n) is 3.35.